The summed E-state index contributed by atoms with van der Waals surface area (Å²) in [6.07, 6.45) is 4.92. The lowest BCUT2D eigenvalue weighted by molar-refractivity contribution is 0.691. The van der Waals surface area contributed by atoms with E-state index in [2.05, 4.69) is 36.8 Å². The van der Waals surface area contributed by atoms with E-state index < -0.39 is 0 Å². The molecule has 0 spiro atoms. The predicted molar refractivity (Wildman–Crippen MR) is 88.5 cm³/mol. The molecule has 5 heteroatoms. The lowest BCUT2D eigenvalue weighted by atomic mass is 10.0. The number of aromatic nitrogens is 2. The van der Waals surface area contributed by atoms with Crippen LogP contribution in [0.3, 0.4) is 0 Å². The number of nitrogens with two attached hydrogens (primary N) is 1. The Labute approximate surface area is 135 Å². The van der Waals surface area contributed by atoms with Crippen LogP contribution in [0.1, 0.15) is 37.3 Å². The normalized spacial score (nSPS) is 15.7. The van der Waals surface area contributed by atoms with E-state index in [4.69, 9.17) is 10.7 Å². The molecule has 1 aliphatic rings. The van der Waals surface area contributed by atoms with Crippen molar-refractivity contribution in [1.29, 1.82) is 0 Å². The summed E-state index contributed by atoms with van der Waals surface area (Å²) in [5.74, 6) is 1.74. The fourth-order valence-electron chi connectivity index (χ4n) is 2.68. The van der Waals surface area contributed by atoms with Gasteiger partial charge in [-0.05, 0) is 40.9 Å². The molecule has 0 radical (unpaired) electrons. The molecule has 0 atom stereocenters. The van der Waals surface area contributed by atoms with E-state index in [9.17, 15) is 0 Å². The van der Waals surface area contributed by atoms with Crippen molar-refractivity contribution in [3.63, 3.8) is 0 Å². The maximum atomic E-state index is 6.05. The van der Waals surface area contributed by atoms with Crippen molar-refractivity contribution in [2.24, 2.45) is 0 Å². The van der Waals surface area contributed by atoms with Gasteiger partial charge < -0.3 is 5.73 Å². The number of anilines is 1. The van der Waals surface area contributed by atoms with Gasteiger partial charge in [-0.15, -0.1) is 0 Å². The largest absolute Gasteiger partial charge is 0.383 e. The van der Waals surface area contributed by atoms with Gasteiger partial charge in [0.25, 0.3) is 0 Å². The Morgan fingerprint density at radius 1 is 1.00 bits per heavy atom. The zero-order valence-electron chi connectivity index (χ0n) is 10.9. The van der Waals surface area contributed by atoms with E-state index in [1.807, 2.05) is 24.3 Å². The lowest BCUT2D eigenvalue weighted by Gasteiger charge is -2.14. The summed E-state index contributed by atoms with van der Waals surface area (Å²) >= 11 is 6.99. The lowest BCUT2D eigenvalue weighted by Crippen LogP contribution is -2.05. The quantitative estimate of drug-likeness (QED) is 0.784. The van der Waals surface area contributed by atoms with Crippen LogP contribution in [0.2, 0.25) is 0 Å². The van der Waals surface area contributed by atoms with Gasteiger partial charge in [0.2, 0.25) is 0 Å². The van der Waals surface area contributed by atoms with Crippen LogP contribution in [-0.4, -0.2) is 9.97 Å². The van der Waals surface area contributed by atoms with Crippen molar-refractivity contribution in [3.8, 4) is 11.4 Å². The summed E-state index contributed by atoms with van der Waals surface area (Å²) in [4.78, 5) is 9.17. The third-order valence-electron chi connectivity index (χ3n) is 3.75. The average molecular weight is 397 g/mol. The Morgan fingerprint density at radius 3 is 2.30 bits per heavy atom. The van der Waals surface area contributed by atoms with Gasteiger partial charge in [-0.3, -0.25) is 0 Å². The van der Waals surface area contributed by atoms with Crippen molar-refractivity contribution in [1.82, 2.24) is 9.97 Å². The van der Waals surface area contributed by atoms with Crippen molar-refractivity contribution in [3.05, 3.63) is 38.9 Å². The number of nitrogen functional groups attached to an aromatic ring is 1. The fourth-order valence-corrected chi connectivity index (χ4v) is 3.45. The Hall–Kier alpha value is -0.940. The minimum absolute atomic E-state index is 0.504. The molecule has 1 aromatic heterocycles. The van der Waals surface area contributed by atoms with E-state index in [1.54, 1.807) is 0 Å². The van der Waals surface area contributed by atoms with Crippen LogP contribution in [0.15, 0.2) is 33.2 Å². The van der Waals surface area contributed by atoms with E-state index in [1.165, 1.54) is 25.7 Å². The van der Waals surface area contributed by atoms with Crippen molar-refractivity contribution < 1.29 is 0 Å². The summed E-state index contributed by atoms with van der Waals surface area (Å²) in [5, 5.41) is 0. The van der Waals surface area contributed by atoms with Gasteiger partial charge in [0, 0.05) is 16.0 Å². The number of benzene rings is 1. The number of hydrogen-bond donors (Lipinski definition) is 1. The van der Waals surface area contributed by atoms with Crippen LogP contribution in [0.4, 0.5) is 5.82 Å². The van der Waals surface area contributed by atoms with Gasteiger partial charge in [0.1, 0.15) is 5.82 Å². The molecule has 3 nitrogen and oxygen atoms in total. The molecule has 1 fully saturated rings. The minimum atomic E-state index is 0.504. The summed E-state index contributed by atoms with van der Waals surface area (Å²) < 4.78 is 1.91. The van der Waals surface area contributed by atoms with Crippen molar-refractivity contribution in [2.45, 2.75) is 31.6 Å². The third kappa shape index (κ3) is 2.74. The van der Waals surface area contributed by atoms with Crippen LogP contribution in [0.5, 0.6) is 0 Å². The molecule has 1 aromatic carbocycles. The van der Waals surface area contributed by atoms with Crippen molar-refractivity contribution in [2.75, 3.05) is 5.73 Å². The molecule has 104 valence electrons. The first-order chi connectivity index (χ1) is 9.65. The van der Waals surface area contributed by atoms with Gasteiger partial charge in [-0.1, -0.05) is 40.9 Å². The summed E-state index contributed by atoms with van der Waals surface area (Å²) in [6.45, 7) is 0. The van der Waals surface area contributed by atoms with Gasteiger partial charge in [0.15, 0.2) is 5.82 Å². The van der Waals surface area contributed by atoms with Gasteiger partial charge in [-0.25, -0.2) is 9.97 Å². The Bertz CT molecular complexity index is 620. The van der Waals surface area contributed by atoms with Crippen molar-refractivity contribution >= 4 is 37.7 Å². The van der Waals surface area contributed by atoms with E-state index in [-0.39, 0.29) is 0 Å². The van der Waals surface area contributed by atoms with Crippen LogP contribution >= 0.6 is 31.9 Å². The fraction of sp³-hybridized carbons (Fsp3) is 0.333. The molecular weight excluding hydrogens is 382 g/mol. The number of rotatable bonds is 2. The maximum absolute atomic E-state index is 6.05. The first-order valence-corrected chi connectivity index (χ1v) is 8.32. The Kier molecular flexibility index (Phi) is 4.08. The van der Waals surface area contributed by atoms with E-state index >= 15 is 0 Å². The van der Waals surface area contributed by atoms with Crippen LogP contribution in [-0.2, 0) is 0 Å². The van der Waals surface area contributed by atoms with Crippen LogP contribution < -0.4 is 5.73 Å². The SMILES string of the molecule is Nc1nc(-c2ccc(Br)cc2)nc(C2CCCC2)c1Br. The molecule has 0 unspecified atom stereocenters. The summed E-state index contributed by atoms with van der Waals surface area (Å²) in [5.41, 5.74) is 8.10. The zero-order valence-corrected chi connectivity index (χ0v) is 14.1. The van der Waals surface area contributed by atoms with Crippen LogP contribution in [0.25, 0.3) is 11.4 Å². The molecule has 1 heterocycles. The second kappa shape index (κ2) is 5.82. The molecule has 1 aliphatic carbocycles. The minimum Gasteiger partial charge on any atom is -0.383 e. The number of hydrogen-bond acceptors (Lipinski definition) is 3. The zero-order chi connectivity index (χ0) is 14.1. The first-order valence-electron chi connectivity index (χ1n) is 6.74. The molecule has 0 aliphatic heterocycles. The average Bonchev–Trinajstić information content (AvgIpc) is 2.96. The Balaban J connectivity index is 2.05. The molecule has 0 amide bonds. The van der Waals surface area contributed by atoms with E-state index in [0.717, 1.165) is 20.2 Å². The molecule has 2 N–H and O–H groups in total. The Morgan fingerprint density at radius 2 is 1.65 bits per heavy atom. The van der Waals surface area contributed by atoms with Gasteiger partial charge in [0.05, 0.1) is 10.2 Å². The van der Waals surface area contributed by atoms with Crippen LogP contribution in [0, 0.1) is 0 Å². The summed E-state index contributed by atoms with van der Waals surface area (Å²) in [7, 11) is 0. The molecule has 2 aromatic rings. The molecule has 0 saturated heterocycles. The smallest absolute Gasteiger partial charge is 0.161 e. The maximum Gasteiger partial charge on any atom is 0.161 e. The second-order valence-corrected chi connectivity index (χ2v) is 6.83. The molecule has 20 heavy (non-hydrogen) atoms. The highest BCUT2D eigenvalue weighted by molar-refractivity contribution is 9.11. The monoisotopic (exact) mass is 395 g/mol. The predicted octanol–water partition coefficient (Wildman–Crippen LogP) is 4.91. The second-order valence-electron chi connectivity index (χ2n) is 5.12. The van der Waals surface area contributed by atoms with E-state index in [0.29, 0.717) is 17.6 Å². The topological polar surface area (TPSA) is 51.8 Å². The molecular formula is C15H15Br2N3. The highest BCUT2D eigenvalue weighted by Crippen LogP contribution is 2.39. The first kappa shape index (κ1) is 14.0. The molecule has 1 saturated carbocycles. The summed E-state index contributed by atoms with van der Waals surface area (Å²) in [6, 6.07) is 7.99. The molecule has 3 rings (SSSR count). The standard InChI is InChI=1S/C15H15Br2N3/c16-11-7-5-10(6-8-11)15-19-13(9-3-1-2-4-9)12(17)14(18)20-15/h5-9H,1-4H2,(H2,18,19,20). The molecule has 0 bridgehead atoms. The number of nitrogens with zero attached hydrogens (tertiary/aromatic N) is 2. The number of halogens is 2. The highest BCUT2D eigenvalue weighted by Gasteiger charge is 2.23. The van der Waals surface area contributed by atoms with Gasteiger partial charge >= 0.3 is 0 Å². The third-order valence-corrected chi connectivity index (χ3v) is 5.09. The van der Waals surface area contributed by atoms with Gasteiger partial charge in [-0.2, -0.15) is 0 Å². The highest BCUT2D eigenvalue weighted by atomic mass is 79.9.